The Labute approximate surface area is 159 Å². The summed E-state index contributed by atoms with van der Waals surface area (Å²) in [4.78, 5) is 23.4. The summed E-state index contributed by atoms with van der Waals surface area (Å²) < 4.78 is 5.17. The molecule has 0 saturated carbocycles. The molecule has 0 bridgehead atoms. The van der Waals surface area contributed by atoms with E-state index in [0.29, 0.717) is 13.1 Å². The average molecular weight is 375 g/mol. The zero-order valence-corrected chi connectivity index (χ0v) is 16.5. The van der Waals surface area contributed by atoms with Gasteiger partial charge in [-0.05, 0) is 24.6 Å². The van der Waals surface area contributed by atoms with Crippen LogP contribution in [0.3, 0.4) is 0 Å². The van der Waals surface area contributed by atoms with Crippen molar-refractivity contribution in [1.82, 2.24) is 14.8 Å². The average Bonchev–Trinajstić information content (AvgIpc) is 3.09. The van der Waals surface area contributed by atoms with Crippen molar-refractivity contribution < 1.29 is 9.53 Å². The molecule has 1 amide bonds. The Morgan fingerprint density at radius 1 is 1.23 bits per heavy atom. The number of thiazole rings is 1. The SMILES string of the molecule is COc1ccc(CN(C)C(=O)CN2CCN(c3nc(C)cs3)CC2)cc1. The first-order valence-corrected chi connectivity index (χ1v) is 9.69. The number of aromatic nitrogens is 1. The standard InChI is InChI=1S/C19H26N4O2S/c1-15-14-26-19(20-15)23-10-8-22(9-11-23)13-18(24)21(2)12-16-4-6-17(25-3)7-5-16/h4-7,14H,8-13H2,1-3H3. The highest BCUT2D eigenvalue weighted by Crippen LogP contribution is 2.21. The Balaban J connectivity index is 1.45. The minimum absolute atomic E-state index is 0.152. The summed E-state index contributed by atoms with van der Waals surface area (Å²) in [6.45, 7) is 6.72. The van der Waals surface area contributed by atoms with Crippen LogP contribution in [0.25, 0.3) is 0 Å². The number of piperazine rings is 1. The maximum Gasteiger partial charge on any atom is 0.236 e. The van der Waals surface area contributed by atoms with Gasteiger partial charge >= 0.3 is 0 Å². The number of anilines is 1. The molecule has 0 aliphatic carbocycles. The quantitative estimate of drug-likeness (QED) is 0.776. The Hall–Kier alpha value is -2.12. The number of carbonyl (C=O) groups excluding carboxylic acids is 1. The lowest BCUT2D eigenvalue weighted by Gasteiger charge is -2.34. The Morgan fingerprint density at radius 3 is 2.50 bits per heavy atom. The van der Waals surface area contributed by atoms with Gasteiger partial charge in [0.1, 0.15) is 5.75 Å². The number of benzene rings is 1. The van der Waals surface area contributed by atoms with Crippen LogP contribution in [0.5, 0.6) is 5.75 Å². The number of nitrogens with zero attached hydrogens (tertiary/aromatic N) is 4. The van der Waals surface area contributed by atoms with Gasteiger partial charge < -0.3 is 14.5 Å². The molecule has 1 fully saturated rings. The predicted octanol–water partition coefficient (Wildman–Crippen LogP) is 2.24. The number of methoxy groups -OCH3 is 1. The highest BCUT2D eigenvalue weighted by atomic mass is 32.1. The Bertz CT molecular complexity index is 723. The van der Waals surface area contributed by atoms with E-state index in [9.17, 15) is 4.79 Å². The summed E-state index contributed by atoms with van der Waals surface area (Å²) in [5.41, 5.74) is 2.17. The molecule has 1 aromatic carbocycles. The molecule has 2 heterocycles. The molecule has 0 radical (unpaired) electrons. The fraction of sp³-hybridized carbons (Fsp3) is 0.474. The molecule has 1 saturated heterocycles. The van der Waals surface area contributed by atoms with Crippen LogP contribution in [0.2, 0.25) is 0 Å². The van der Waals surface area contributed by atoms with Crippen molar-refractivity contribution in [2.75, 3.05) is 51.8 Å². The third-order valence-corrected chi connectivity index (χ3v) is 5.63. The molecule has 3 rings (SSSR count). The van der Waals surface area contributed by atoms with Crippen LogP contribution >= 0.6 is 11.3 Å². The molecular formula is C19H26N4O2S. The van der Waals surface area contributed by atoms with Gasteiger partial charge in [-0.1, -0.05) is 12.1 Å². The van der Waals surface area contributed by atoms with Crippen molar-refractivity contribution in [2.45, 2.75) is 13.5 Å². The lowest BCUT2D eigenvalue weighted by atomic mass is 10.2. The molecule has 1 aliphatic heterocycles. The van der Waals surface area contributed by atoms with Gasteiger partial charge in [0.25, 0.3) is 0 Å². The van der Waals surface area contributed by atoms with E-state index in [1.54, 1.807) is 23.3 Å². The predicted molar refractivity (Wildman–Crippen MR) is 105 cm³/mol. The lowest BCUT2D eigenvalue weighted by molar-refractivity contribution is -0.131. The van der Waals surface area contributed by atoms with E-state index in [4.69, 9.17) is 4.74 Å². The summed E-state index contributed by atoms with van der Waals surface area (Å²) in [5.74, 6) is 0.982. The minimum atomic E-state index is 0.152. The van der Waals surface area contributed by atoms with E-state index in [2.05, 4.69) is 20.2 Å². The van der Waals surface area contributed by atoms with Gasteiger partial charge in [-0.2, -0.15) is 0 Å². The second-order valence-corrected chi connectivity index (χ2v) is 7.47. The van der Waals surface area contributed by atoms with Gasteiger partial charge in [0.15, 0.2) is 5.13 Å². The third-order valence-electron chi connectivity index (χ3n) is 4.61. The van der Waals surface area contributed by atoms with Crippen molar-refractivity contribution in [3.05, 3.63) is 40.9 Å². The van der Waals surface area contributed by atoms with E-state index in [1.807, 2.05) is 38.2 Å². The zero-order chi connectivity index (χ0) is 18.5. The fourth-order valence-corrected chi connectivity index (χ4v) is 3.85. The molecule has 0 atom stereocenters. The smallest absolute Gasteiger partial charge is 0.236 e. The van der Waals surface area contributed by atoms with Crippen LogP contribution in [-0.4, -0.2) is 67.6 Å². The summed E-state index contributed by atoms with van der Waals surface area (Å²) in [7, 11) is 3.52. The van der Waals surface area contributed by atoms with Crippen LogP contribution in [0.4, 0.5) is 5.13 Å². The number of ether oxygens (including phenoxy) is 1. The van der Waals surface area contributed by atoms with E-state index >= 15 is 0 Å². The Morgan fingerprint density at radius 2 is 1.92 bits per heavy atom. The molecule has 2 aromatic rings. The first kappa shape index (κ1) is 18.7. The van der Waals surface area contributed by atoms with Gasteiger partial charge in [0.05, 0.1) is 19.3 Å². The largest absolute Gasteiger partial charge is 0.497 e. The second-order valence-electron chi connectivity index (χ2n) is 6.63. The molecule has 0 unspecified atom stereocenters. The van der Waals surface area contributed by atoms with Crippen LogP contribution in [-0.2, 0) is 11.3 Å². The first-order valence-electron chi connectivity index (χ1n) is 8.81. The van der Waals surface area contributed by atoms with Gasteiger partial charge in [-0.3, -0.25) is 9.69 Å². The van der Waals surface area contributed by atoms with Crippen molar-refractivity contribution in [3.8, 4) is 5.75 Å². The monoisotopic (exact) mass is 374 g/mol. The molecule has 0 N–H and O–H groups in total. The zero-order valence-electron chi connectivity index (χ0n) is 15.6. The second kappa shape index (κ2) is 8.51. The highest BCUT2D eigenvalue weighted by molar-refractivity contribution is 7.13. The van der Waals surface area contributed by atoms with Crippen molar-refractivity contribution in [2.24, 2.45) is 0 Å². The molecule has 26 heavy (non-hydrogen) atoms. The number of hydrogen-bond donors (Lipinski definition) is 0. The van der Waals surface area contributed by atoms with Crippen LogP contribution < -0.4 is 9.64 Å². The van der Waals surface area contributed by atoms with Gasteiger partial charge in [-0.25, -0.2) is 4.98 Å². The number of rotatable bonds is 6. The molecule has 7 heteroatoms. The minimum Gasteiger partial charge on any atom is -0.497 e. The molecule has 1 aromatic heterocycles. The molecule has 140 valence electrons. The normalized spacial score (nSPS) is 15.1. The van der Waals surface area contributed by atoms with Crippen molar-refractivity contribution >= 4 is 22.4 Å². The molecule has 1 aliphatic rings. The fourth-order valence-electron chi connectivity index (χ4n) is 2.99. The van der Waals surface area contributed by atoms with Crippen LogP contribution in [0.15, 0.2) is 29.6 Å². The van der Waals surface area contributed by atoms with Crippen molar-refractivity contribution in [1.29, 1.82) is 0 Å². The summed E-state index contributed by atoms with van der Waals surface area (Å²) in [6.07, 6.45) is 0. The first-order chi connectivity index (χ1) is 12.5. The number of amides is 1. The highest BCUT2D eigenvalue weighted by Gasteiger charge is 2.22. The van der Waals surface area contributed by atoms with Crippen LogP contribution in [0, 0.1) is 6.92 Å². The van der Waals surface area contributed by atoms with E-state index in [0.717, 1.165) is 48.3 Å². The molecular weight excluding hydrogens is 348 g/mol. The van der Waals surface area contributed by atoms with Crippen molar-refractivity contribution in [3.63, 3.8) is 0 Å². The van der Waals surface area contributed by atoms with E-state index in [-0.39, 0.29) is 5.91 Å². The molecule has 6 nitrogen and oxygen atoms in total. The van der Waals surface area contributed by atoms with Gasteiger partial charge in [0, 0.05) is 45.2 Å². The number of aryl methyl sites for hydroxylation is 1. The summed E-state index contributed by atoms with van der Waals surface area (Å²) in [5, 5.41) is 3.17. The van der Waals surface area contributed by atoms with Gasteiger partial charge in [-0.15, -0.1) is 11.3 Å². The maximum atomic E-state index is 12.5. The summed E-state index contributed by atoms with van der Waals surface area (Å²) >= 11 is 1.69. The van der Waals surface area contributed by atoms with E-state index in [1.165, 1.54) is 0 Å². The lowest BCUT2D eigenvalue weighted by Crippen LogP contribution is -2.49. The Kier molecular flexibility index (Phi) is 6.11. The topological polar surface area (TPSA) is 48.9 Å². The van der Waals surface area contributed by atoms with Gasteiger partial charge in [0.2, 0.25) is 5.91 Å². The number of likely N-dealkylation sites (N-methyl/N-ethyl adjacent to an activating group) is 1. The van der Waals surface area contributed by atoms with E-state index < -0.39 is 0 Å². The number of hydrogen-bond acceptors (Lipinski definition) is 6. The maximum absolute atomic E-state index is 12.5. The molecule has 0 spiro atoms. The summed E-state index contributed by atoms with van der Waals surface area (Å²) in [6, 6.07) is 7.84. The third kappa shape index (κ3) is 4.74. The number of carbonyl (C=O) groups is 1. The van der Waals surface area contributed by atoms with Crippen LogP contribution in [0.1, 0.15) is 11.3 Å².